The van der Waals surface area contributed by atoms with Crippen LogP contribution in [0.5, 0.6) is 0 Å². The van der Waals surface area contributed by atoms with Crippen molar-refractivity contribution in [1.82, 2.24) is 14.8 Å². The molecule has 136 valence electrons. The van der Waals surface area contributed by atoms with E-state index in [0.29, 0.717) is 29.0 Å². The van der Waals surface area contributed by atoms with Crippen LogP contribution in [0, 0.1) is 11.8 Å². The Kier molecular flexibility index (Phi) is 4.74. The van der Waals surface area contributed by atoms with E-state index in [1.54, 1.807) is 12.1 Å². The molecule has 2 fully saturated rings. The predicted molar refractivity (Wildman–Crippen MR) is 101 cm³/mol. The monoisotopic (exact) mass is 370 g/mol. The highest BCUT2D eigenvalue weighted by atomic mass is 32.1. The van der Waals surface area contributed by atoms with Crippen molar-refractivity contribution >= 4 is 28.3 Å². The number of nitrogens with one attached hydrogen (secondary N) is 1. The van der Waals surface area contributed by atoms with Crippen molar-refractivity contribution in [3.8, 4) is 0 Å². The van der Waals surface area contributed by atoms with Gasteiger partial charge in [-0.2, -0.15) is 0 Å². The molecule has 0 radical (unpaired) electrons. The topological polar surface area (TPSA) is 65.5 Å². The largest absolute Gasteiger partial charge is 0.342 e. The van der Waals surface area contributed by atoms with Crippen molar-refractivity contribution in [2.24, 2.45) is 11.8 Å². The van der Waals surface area contributed by atoms with Gasteiger partial charge in [0.15, 0.2) is 5.13 Å². The molecule has 26 heavy (non-hydrogen) atoms. The number of hydrogen-bond donors (Lipinski definition) is 1. The van der Waals surface area contributed by atoms with E-state index in [4.69, 9.17) is 0 Å². The zero-order valence-electron chi connectivity index (χ0n) is 14.7. The highest BCUT2D eigenvalue weighted by Gasteiger charge is 2.40. The van der Waals surface area contributed by atoms with E-state index in [0.717, 1.165) is 31.9 Å². The van der Waals surface area contributed by atoms with Gasteiger partial charge in [0.25, 0.3) is 5.91 Å². The van der Waals surface area contributed by atoms with Gasteiger partial charge in [0.2, 0.25) is 5.91 Å². The normalized spacial score (nSPS) is 22.4. The minimum Gasteiger partial charge on any atom is -0.342 e. The summed E-state index contributed by atoms with van der Waals surface area (Å²) in [5.41, 5.74) is 1.31. The molecule has 0 bridgehead atoms. The van der Waals surface area contributed by atoms with Crippen molar-refractivity contribution in [3.63, 3.8) is 0 Å². The van der Waals surface area contributed by atoms with Gasteiger partial charge in [-0.3, -0.25) is 14.9 Å². The molecular weight excluding hydrogens is 348 g/mol. The van der Waals surface area contributed by atoms with Gasteiger partial charge in [-0.1, -0.05) is 18.2 Å². The van der Waals surface area contributed by atoms with Crippen LogP contribution in [0.3, 0.4) is 0 Å². The maximum Gasteiger partial charge on any atom is 0.257 e. The first-order valence-corrected chi connectivity index (χ1v) is 9.73. The fourth-order valence-corrected chi connectivity index (χ4v) is 4.61. The Labute approximate surface area is 156 Å². The average molecular weight is 370 g/mol. The second-order valence-corrected chi connectivity index (χ2v) is 8.04. The first kappa shape index (κ1) is 17.2. The lowest BCUT2D eigenvalue weighted by molar-refractivity contribution is -0.129. The fourth-order valence-electron chi connectivity index (χ4n) is 3.90. The predicted octanol–water partition coefficient (Wildman–Crippen LogP) is 1.96. The zero-order valence-corrected chi connectivity index (χ0v) is 15.5. The van der Waals surface area contributed by atoms with Crippen LogP contribution in [0.15, 0.2) is 35.7 Å². The van der Waals surface area contributed by atoms with Crippen molar-refractivity contribution in [3.05, 3.63) is 47.0 Å². The number of thiazole rings is 1. The van der Waals surface area contributed by atoms with E-state index in [9.17, 15) is 9.59 Å². The molecule has 0 spiro atoms. The van der Waals surface area contributed by atoms with Crippen molar-refractivity contribution in [2.45, 2.75) is 6.42 Å². The summed E-state index contributed by atoms with van der Waals surface area (Å²) in [7, 11) is 2.14. The van der Waals surface area contributed by atoms with Crippen molar-refractivity contribution in [2.75, 3.05) is 38.5 Å². The van der Waals surface area contributed by atoms with E-state index < -0.39 is 0 Å². The Balaban J connectivity index is 1.32. The molecule has 7 heteroatoms. The third-order valence-electron chi connectivity index (χ3n) is 5.16. The van der Waals surface area contributed by atoms with Gasteiger partial charge in [-0.25, -0.2) is 4.98 Å². The SMILES string of the molecule is CN1C[C@@H]2CN(C(=O)Cc3csc(NC(=O)c4ccccc4)n3)C[C@@H]2C1. The Morgan fingerprint density at radius 3 is 2.54 bits per heavy atom. The maximum absolute atomic E-state index is 12.6. The highest BCUT2D eigenvalue weighted by molar-refractivity contribution is 7.14. The van der Waals surface area contributed by atoms with Gasteiger partial charge < -0.3 is 9.80 Å². The first-order valence-electron chi connectivity index (χ1n) is 8.85. The van der Waals surface area contributed by atoms with E-state index in [1.807, 2.05) is 28.5 Å². The van der Waals surface area contributed by atoms with Gasteiger partial charge in [0.05, 0.1) is 12.1 Å². The number of carbonyl (C=O) groups is 2. The zero-order chi connectivity index (χ0) is 18.1. The molecule has 3 heterocycles. The lowest BCUT2D eigenvalue weighted by Gasteiger charge is -2.18. The summed E-state index contributed by atoms with van der Waals surface area (Å²) in [4.78, 5) is 33.5. The number of likely N-dealkylation sites (tertiary alicyclic amines) is 2. The smallest absolute Gasteiger partial charge is 0.257 e. The van der Waals surface area contributed by atoms with E-state index in [1.165, 1.54) is 11.3 Å². The summed E-state index contributed by atoms with van der Waals surface area (Å²) in [6, 6.07) is 9.03. The summed E-state index contributed by atoms with van der Waals surface area (Å²) in [6.07, 6.45) is 0.299. The molecule has 0 aliphatic carbocycles. The number of benzene rings is 1. The van der Waals surface area contributed by atoms with Crippen LogP contribution >= 0.6 is 11.3 Å². The van der Waals surface area contributed by atoms with Crippen LogP contribution in [0.25, 0.3) is 0 Å². The average Bonchev–Trinajstić information content (AvgIpc) is 3.30. The standard InChI is InChI=1S/C19H22N4O2S/c1-22-8-14-10-23(11-15(14)9-22)17(24)7-16-12-26-19(20-16)21-18(25)13-5-3-2-4-6-13/h2-6,12,14-15H,7-11H2,1H3,(H,20,21,25)/t14-,15+. The number of rotatable bonds is 4. The lowest BCUT2D eigenvalue weighted by Crippen LogP contribution is -2.33. The number of anilines is 1. The molecular formula is C19H22N4O2S. The Hall–Kier alpha value is -2.25. The summed E-state index contributed by atoms with van der Waals surface area (Å²) in [6.45, 7) is 3.88. The molecule has 0 saturated carbocycles. The molecule has 1 aromatic carbocycles. The van der Waals surface area contributed by atoms with Crippen LogP contribution in [0.1, 0.15) is 16.1 Å². The van der Waals surface area contributed by atoms with E-state index >= 15 is 0 Å². The molecule has 0 unspecified atom stereocenters. The number of amides is 2. The second kappa shape index (κ2) is 7.17. The van der Waals surface area contributed by atoms with Crippen LogP contribution in [0.4, 0.5) is 5.13 Å². The van der Waals surface area contributed by atoms with Gasteiger partial charge in [0, 0.05) is 37.1 Å². The first-order chi connectivity index (χ1) is 12.6. The number of nitrogens with zero attached hydrogens (tertiary/aromatic N) is 3. The summed E-state index contributed by atoms with van der Waals surface area (Å²) in [5.74, 6) is 1.17. The summed E-state index contributed by atoms with van der Waals surface area (Å²) >= 11 is 1.35. The quantitative estimate of drug-likeness (QED) is 0.894. The lowest BCUT2D eigenvalue weighted by atomic mass is 10.0. The van der Waals surface area contributed by atoms with Crippen LogP contribution < -0.4 is 5.32 Å². The van der Waals surface area contributed by atoms with Crippen LogP contribution in [-0.4, -0.2) is 59.8 Å². The molecule has 2 aromatic rings. The molecule has 2 atom stereocenters. The Morgan fingerprint density at radius 1 is 1.15 bits per heavy atom. The molecule has 2 saturated heterocycles. The number of carbonyl (C=O) groups excluding carboxylic acids is 2. The Morgan fingerprint density at radius 2 is 1.85 bits per heavy atom. The van der Waals surface area contributed by atoms with Gasteiger partial charge in [-0.05, 0) is 31.0 Å². The van der Waals surface area contributed by atoms with E-state index in [-0.39, 0.29) is 11.8 Å². The fraction of sp³-hybridized carbons (Fsp3) is 0.421. The van der Waals surface area contributed by atoms with Gasteiger partial charge >= 0.3 is 0 Å². The molecule has 1 N–H and O–H groups in total. The molecule has 2 amide bonds. The Bertz CT molecular complexity index is 793. The molecule has 4 rings (SSSR count). The second-order valence-electron chi connectivity index (χ2n) is 7.18. The molecule has 1 aromatic heterocycles. The molecule has 2 aliphatic heterocycles. The van der Waals surface area contributed by atoms with Gasteiger partial charge in [0.1, 0.15) is 0 Å². The third-order valence-corrected chi connectivity index (χ3v) is 5.97. The minimum absolute atomic E-state index is 0.133. The van der Waals surface area contributed by atoms with Crippen molar-refractivity contribution in [1.29, 1.82) is 0 Å². The summed E-state index contributed by atoms with van der Waals surface area (Å²) in [5, 5.41) is 5.18. The third kappa shape index (κ3) is 3.64. The minimum atomic E-state index is -0.186. The molecule has 6 nitrogen and oxygen atoms in total. The number of hydrogen-bond acceptors (Lipinski definition) is 5. The summed E-state index contributed by atoms with van der Waals surface area (Å²) < 4.78 is 0. The van der Waals surface area contributed by atoms with Crippen molar-refractivity contribution < 1.29 is 9.59 Å². The number of aromatic nitrogens is 1. The van der Waals surface area contributed by atoms with Crippen LogP contribution in [0.2, 0.25) is 0 Å². The van der Waals surface area contributed by atoms with E-state index in [2.05, 4.69) is 22.2 Å². The molecule has 2 aliphatic rings. The van der Waals surface area contributed by atoms with Gasteiger partial charge in [-0.15, -0.1) is 11.3 Å². The highest BCUT2D eigenvalue weighted by Crippen LogP contribution is 2.30. The van der Waals surface area contributed by atoms with Crippen LogP contribution in [-0.2, 0) is 11.2 Å². The maximum atomic E-state index is 12.6. The number of fused-ring (bicyclic) bond motifs is 1.